The van der Waals surface area contributed by atoms with Crippen molar-refractivity contribution in [2.75, 3.05) is 0 Å². The van der Waals surface area contributed by atoms with Crippen LogP contribution >= 0.6 is 12.4 Å². The molecule has 0 bridgehead atoms. The summed E-state index contributed by atoms with van der Waals surface area (Å²) in [5, 5.41) is 0. The molecule has 0 spiro atoms. The first-order chi connectivity index (χ1) is 8.84. The van der Waals surface area contributed by atoms with Crippen LogP contribution in [0.2, 0.25) is 0 Å². The van der Waals surface area contributed by atoms with Crippen LogP contribution in [0.4, 0.5) is 0 Å². The van der Waals surface area contributed by atoms with Crippen molar-refractivity contribution in [2.24, 2.45) is 5.73 Å². The highest BCUT2D eigenvalue weighted by atomic mass is 35.5. The van der Waals surface area contributed by atoms with Crippen molar-refractivity contribution >= 4 is 12.4 Å². The molecule has 19 heavy (non-hydrogen) atoms. The zero-order valence-electron chi connectivity index (χ0n) is 10.4. The van der Waals surface area contributed by atoms with Crippen LogP contribution in [0, 0.1) is 0 Å². The fraction of sp³-hybridized carbons (Fsp3) is 0.125. The maximum atomic E-state index is 6.27. The summed E-state index contributed by atoms with van der Waals surface area (Å²) in [5.74, 6) is 0. The lowest BCUT2D eigenvalue weighted by Crippen LogP contribution is -2.43. The second-order valence-electron chi connectivity index (χ2n) is 4.44. The van der Waals surface area contributed by atoms with E-state index in [2.05, 4.69) is 24.3 Å². The Bertz CT molecular complexity index is 514. The minimum Gasteiger partial charge on any atom is -0.484 e. The quantitative estimate of drug-likeness (QED) is 0.912. The molecular weight excluding hydrogens is 258 g/mol. The minimum absolute atomic E-state index is 0. The smallest absolute Gasteiger partial charge is 0.177 e. The molecule has 1 unspecified atom stereocenters. The molecule has 1 aliphatic rings. The average molecular weight is 274 g/mol. The van der Waals surface area contributed by atoms with Gasteiger partial charge < -0.3 is 10.5 Å². The zero-order valence-corrected chi connectivity index (χ0v) is 11.2. The second-order valence-corrected chi connectivity index (χ2v) is 4.44. The number of rotatable bonds is 2. The standard InChI is InChI=1S/C16H15NO.ClH/c17-15-11-12-18-16(15,13-7-3-1-4-8-13)14-9-5-2-6-10-14;/h1-12,15H,17H2;1H. The van der Waals surface area contributed by atoms with E-state index in [0.717, 1.165) is 11.1 Å². The van der Waals surface area contributed by atoms with E-state index in [4.69, 9.17) is 10.5 Å². The summed E-state index contributed by atoms with van der Waals surface area (Å²) >= 11 is 0. The van der Waals surface area contributed by atoms with Crippen molar-refractivity contribution in [3.63, 3.8) is 0 Å². The Morgan fingerprint density at radius 2 is 1.32 bits per heavy atom. The zero-order chi connectivity index (χ0) is 12.4. The van der Waals surface area contributed by atoms with E-state index in [9.17, 15) is 0 Å². The Morgan fingerprint density at radius 1 is 0.842 bits per heavy atom. The van der Waals surface area contributed by atoms with Crippen LogP contribution in [-0.4, -0.2) is 6.04 Å². The van der Waals surface area contributed by atoms with Crippen molar-refractivity contribution in [2.45, 2.75) is 11.6 Å². The number of halogens is 1. The Hall–Kier alpha value is -1.77. The van der Waals surface area contributed by atoms with Gasteiger partial charge in [-0.05, 0) is 6.08 Å². The number of ether oxygens (including phenoxy) is 1. The molecule has 1 atom stereocenters. The van der Waals surface area contributed by atoms with Gasteiger partial charge >= 0.3 is 0 Å². The van der Waals surface area contributed by atoms with Crippen LogP contribution in [0.15, 0.2) is 73.0 Å². The lowest BCUT2D eigenvalue weighted by atomic mass is 9.81. The molecule has 2 aromatic carbocycles. The lowest BCUT2D eigenvalue weighted by Gasteiger charge is -2.33. The van der Waals surface area contributed by atoms with Crippen LogP contribution in [0.5, 0.6) is 0 Å². The predicted octanol–water partition coefficient (Wildman–Crippen LogP) is 3.22. The first kappa shape index (κ1) is 13.7. The molecule has 0 aromatic heterocycles. The third-order valence-electron chi connectivity index (χ3n) is 3.41. The summed E-state index contributed by atoms with van der Waals surface area (Å²) in [6.45, 7) is 0. The van der Waals surface area contributed by atoms with Crippen LogP contribution in [0.25, 0.3) is 0 Å². The Morgan fingerprint density at radius 3 is 1.68 bits per heavy atom. The molecule has 0 radical (unpaired) electrons. The molecule has 98 valence electrons. The molecule has 0 saturated carbocycles. The van der Waals surface area contributed by atoms with Crippen LogP contribution < -0.4 is 5.73 Å². The fourth-order valence-electron chi connectivity index (χ4n) is 2.50. The van der Waals surface area contributed by atoms with E-state index in [-0.39, 0.29) is 18.4 Å². The summed E-state index contributed by atoms with van der Waals surface area (Å²) in [6.07, 6.45) is 3.60. The maximum absolute atomic E-state index is 6.27. The largest absolute Gasteiger partial charge is 0.484 e. The van der Waals surface area contributed by atoms with Crippen molar-refractivity contribution < 1.29 is 4.74 Å². The number of benzene rings is 2. The summed E-state index contributed by atoms with van der Waals surface area (Å²) in [4.78, 5) is 0. The normalized spacial score (nSPS) is 19.5. The molecule has 0 aliphatic carbocycles. The van der Waals surface area contributed by atoms with Crippen molar-refractivity contribution in [1.82, 2.24) is 0 Å². The number of hydrogen-bond acceptors (Lipinski definition) is 2. The Balaban J connectivity index is 0.00000133. The third-order valence-corrected chi connectivity index (χ3v) is 3.41. The van der Waals surface area contributed by atoms with Gasteiger partial charge in [-0.2, -0.15) is 0 Å². The second kappa shape index (κ2) is 5.47. The summed E-state index contributed by atoms with van der Waals surface area (Å²) < 4.78 is 5.92. The summed E-state index contributed by atoms with van der Waals surface area (Å²) in [7, 11) is 0. The molecule has 0 saturated heterocycles. The third kappa shape index (κ3) is 2.14. The fourth-order valence-corrected chi connectivity index (χ4v) is 2.50. The summed E-state index contributed by atoms with van der Waals surface area (Å²) in [6, 6.07) is 20.1. The van der Waals surface area contributed by atoms with Gasteiger partial charge in [-0.25, -0.2) is 0 Å². The molecular formula is C16H16ClNO. The van der Waals surface area contributed by atoms with Gasteiger partial charge in [0.1, 0.15) is 0 Å². The van der Waals surface area contributed by atoms with Gasteiger partial charge in [0.2, 0.25) is 0 Å². The van der Waals surface area contributed by atoms with Gasteiger partial charge in [-0.1, -0.05) is 60.7 Å². The Kier molecular flexibility index (Phi) is 3.93. The van der Waals surface area contributed by atoms with Gasteiger partial charge in [0, 0.05) is 11.1 Å². The molecule has 3 rings (SSSR count). The number of nitrogens with two attached hydrogens (primary N) is 1. The first-order valence-electron chi connectivity index (χ1n) is 6.05. The van der Waals surface area contributed by atoms with Gasteiger partial charge in [0.15, 0.2) is 5.60 Å². The van der Waals surface area contributed by atoms with Gasteiger partial charge in [0.05, 0.1) is 12.3 Å². The van der Waals surface area contributed by atoms with Gasteiger partial charge in [-0.15, -0.1) is 12.4 Å². The molecule has 3 heteroatoms. The van der Waals surface area contributed by atoms with Crippen molar-refractivity contribution in [1.29, 1.82) is 0 Å². The van der Waals surface area contributed by atoms with E-state index in [1.54, 1.807) is 6.26 Å². The number of hydrogen-bond donors (Lipinski definition) is 1. The van der Waals surface area contributed by atoms with E-state index in [1.165, 1.54) is 0 Å². The molecule has 1 heterocycles. The van der Waals surface area contributed by atoms with E-state index in [1.807, 2.05) is 42.5 Å². The highest BCUT2D eigenvalue weighted by Crippen LogP contribution is 2.40. The highest BCUT2D eigenvalue weighted by Gasteiger charge is 2.43. The predicted molar refractivity (Wildman–Crippen MR) is 79.1 cm³/mol. The lowest BCUT2D eigenvalue weighted by molar-refractivity contribution is 0.0697. The topological polar surface area (TPSA) is 35.2 Å². The molecule has 2 aromatic rings. The van der Waals surface area contributed by atoms with Crippen LogP contribution in [0.3, 0.4) is 0 Å². The van der Waals surface area contributed by atoms with Crippen LogP contribution in [-0.2, 0) is 10.3 Å². The Labute approximate surface area is 119 Å². The summed E-state index contributed by atoms with van der Waals surface area (Å²) in [5.41, 5.74) is 7.83. The maximum Gasteiger partial charge on any atom is 0.177 e. The van der Waals surface area contributed by atoms with E-state index >= 15 is 0 Å². The molecule has 0 amide bonds. The van der Waals surface area contributed by atoms with Crippen LogP contribution in [0.1, 0.15) is 11.1 Å². The average Bonchev–Trinajstić information content (AvgIpc) is 2.84. The highest BCUT2D eigenvalue weighted by molar-refractivity contribution is 5.85. The monoisotopic (exact) mass is 273 g/mol. The molecule has 1 aliphatic heterocycles. The SMILES string of the molecule is Cl.NC1C=COC1(c1ccccc1)c1ccccc1. The molecule has 2 N–H and O–H groups in total. The van der Waals surface area contributed by atoms with E-state index < -0.39 is 5.60 Å². The first-order valence-corrected chi connectivity index (χ1v) is 6.05. The minimum atomic E-state index is -0.595. The van der Waals surface area contributed by atoms with Crippen molar-refractivity contribution in [3.05, 3.63) is 84.1 Å². The van der Waals surface area contributed by atoms with E-state index in [0.29, 0.717) is 0 Å². The molecule has 2 nitrogen and oxygen atoms in total. The van der Waals surface area contributed by atoms with Gasteiger partial charge in [0.25, 0.3) is 0 Å². The van der Waals surface area contributed by atoms with Gasteiger partial charge in [-0.3, -0.25) is 0 Å². The van der Waals surface area contributed by atoms with Crippen molar-refractivity contribution in [3.8, 4) is 0 Å². The molecule has 0 fully saturated rings.